The molecule has 0 radical (unpaired) electrons. The summed E-state index contributed by atoms with van der Waals surface area (Å²) in [6.45, 7) is 0.794. The number of imidazole rings is 1. The molecule has 0 unspecified atom stereocenters. The number of anilines is 1. The van der Waals surface area contributed by atoms with Crippen LogP contribution in [0.2, 0.25) is 0 Å². The van der Waals surface area contributed by atoms with Gasteiger partial charge in [0.2, 0.25) is 5.60 Å². The quantitative estimate of drug-likeness (QED) is 0.0956. The molecule has 0 bridgehead atoms. The molecule has 0 saturated carbocycles. The molecule has 1 amide bonds. The van der Waals surface area contributed by atoms with E-state index < -0.39 is 5.60 Å². The molecule has 7 rings (SSSR count). The van der Waals surface area contributed by atoms with Crippen LogP contribution >= 0.6 is 0 Å². The SMILES string of the molecule is N#CCCCn1c(CN2C(=O)/C(=N/OC(c3ccccc3)(c3ccccc3)c3ccccc3)c3cccnc32)nc2ccccc21. The highest BCUT2D eigenvalue weighted by molar-refractivity contribution is 6.53. The number of aromatic nitrogens is 3. The molecule has 0 saturated heterocycles. The smallest absolute Gasteiger partial charge is 0.282 e. The summed E-state index contributed by atoms with van der Waals surface area (Å²) in [7, 11) is 0. The van der Waals surface area contributed by atoms with Crippen molar-refractivity contribution in [2.24, 2.45) is 5.16 Å². The number of nitrogens with zero attached hydrogens (tertiary/aromatic N) is 6. The number of benzene rings is 4. The highest BCUT2D eigenvalue weighted by Crippen LogP contribution is 2.41. The van der Waals surface area contributed by atoms with Crippen LogP contribution in [-0.4, -0.2) is 26.2 Å². The molecule has 1 aliphatic heterocycles. The number of hydrogen-bond acceptors (Lipinski definition) is 6. The molecule has 224 valence electrons. The van der Waals surface area contributed by atoms with Crippen LogP contribution in [0.5, 0.6) is 0 Å². The van der Waals surface area contributed by atoms with Gasteiger partial charge in [-0.15, -0.1) is 0 Å². The van der Waals surface area contributed by atoms with Gasteiger partial charge < -0.3 is 9.40 Å². The van der Waals surface area contributed by atoms with E-state index in [0.717, 1.165) is 27.7 Å². The number of pyridine rings is 1. The Morgan fingerprint density at radius 2 is 1.39 bits per heavy atom. The lowest BCUT2D eigenvalue weighted by atomic mass is 9.80. The first-order chi connectivity index (χ1) is 22.7. The molecule has 0 aliphatic carbocycles. The molecular formula is C38H30N6O2. The molecule has 0 N–H and O–H groups in total. The number of unbranched alkanes of at least 4 members (excludes halogenated alkanes) is 1. The Morgan fingerprint density at radius 1 is 0.783 bits per heavy atom. The van der Waals surface area contributed by atoms with E-state index in [2.05, 4.69) is 20.8 Å². The second-order valence-corrected chi connectivity index (χ2v) is 11.0. The van der Waals surface area contributed by atoms with Gasteiger partial charge >= 0.3 is 0 Å². The van der Waals surface area contributed by atoms with Crippen molar-refractivity contribution in [3.05, 3.63) is 162 Å². The molecule has 8 nitrogen and oxygen atoms in total. The standard InChI is InChI=1S/C38H30N6O2/c39-24-12-13-26-43-33-23-11-10-22-32(33)41-34(43)27-44-36-31(21-14-25-40-36)35(37(44)45)42-46-38(28-15-4-1-5-16-28,29-17-6-2-7-18-29)30-19-8-3-9-20-30/h1-11,14-23,25H,12-13,26-27H2/b42-35+. The van der Waals surface area contributed by atoms with E-state index >= 15 is 0 Å². The number of rotatable bonds is 10. The van der Waals surface area contributed by atoms with Gasteiger partial charge in [0.1, 0.15) is 11.6 Å². The van der Waals surface area contributed by atoms with Crippen LogP contribution in [0.1, 0.15) is 40.9 Å². The van der Waals surface area contributed by atoms with E-state index in [1.807, 2.05) is 121 Å². The Hall–Kier alpha value is -6.07. The minimum atomic E-state index is -1.14. The van der Waals surface area contributed by atoms with Gasteiger partial charge in [-0.1, -0.05) is 108 Å². The summed E-state index contributed by atoms with van der Waals surface area (Å²) in [6.07, 6.45) is 2.77. The largest absolute Gasteiger partial charge is 0.374 e. The average molecular weight is 603 g/mol. The van der Waals surface area contributed by atoms with Gasteiger partial charge in [-0.25, -0.2) is 9.97 Å². The minimum absolute atomic E-state index is 0.169. The molecule has 3 heterocycles. The summed E-state index contributed by atoms with van der Waals surface area (Å²) in [5, 5.41) is 13.8. The van der Waals surface area contributed by atoms with E-state index in [9.17, 15) is 4.79 Å². The van der Waals surface area contributed by atoms with Crippen molar-refractivity contribution in [1.29, 1.82) is 5.26 Å². The highest BCUT2D eigenvalue weighted by atomic mass is 16.7. The number of fused-ring (bicyclic) bond motifs is 2. The van der Waals surface area contributed by atoms with E-state index in [0.29, 0.717) is 36.6 Å². The van der Waals surface area contributed by atoms with Gasteiger partial charge in [-0.2, -0.15) is 5.26 Å². The van der Waals surface area contributed by atoms with Gasteiger partial charge in [-0.3, -0.25) is 9.69 Å². The van der Waals surface area contributed by atoms with Crippen LogP contribution < -0.4 is 4.90 Å². The monoisotopic (exact) mass is 602 g/mol. The normalized spacial score (nSPS) is 13.6. The molecule has 0 spiro atoms. The van der Waals surface area contributed by atoms with Gasteiger partial charge in [-0.05, 0) is 30.7 Å². The molecule has 6 aromatic rings. The predicted molar refractivity (Wildman–Crippen MR) is 177 cm³/mol. The Bertz CT molecular complexity index is 1970. The van der Waals surface area contributed by atoms with Crippen molar-refractivity contribution in [1.82, 2.24) is 14.5 Å². The molecule has 8 heteroatoms. The minimum Gasteiger partial charge on any atom is -0.374 e. The van der Waals surface area contributed by atoms with Crippen molar-refractivity contribution < 1.29 is 9.63 Å². The van der Waals surface area contributed by atoms with Crippen molar-refractivity contribution >= 4 is 28.5 Å². The number of nitriles is 1. The molecule has 4 aromatic carbocycles. The Morgan fingerprint density at radius 3 is 2.02 bits per heavy atom. The highest BCUT2D eigenvalue weighted by Gasteiger charge is 2.42. The van der Waals surface area contributed by atoms with Crippen LogP contribution in [0, 0.1) is 11.3 Å². The maximum absolute atomic E-state index is 14.3. The average Bonchev–Trinajstić information content (AvgIpc) is 3.60. The predicted octanol–water partition coefficient (Wildman–Crippen LogP) is 6.99. The fraction of sp³-hybridized carbons (Fsp3) is 0.132. The van der Waals surface area contributed by atoms with Crippen molar-refractivity contribution in [3.63, 3.8) is 0 Å². The number of amides is 1. The molecule has 2 aromatic heterocycles. The summed E-state index contributed by atoms with van der Waals surface area (Å²) in [4.78, 5) is 32.1. The lowest BCUT2D eigenvalue weighted by Gasteiger charge is -2.33. The van der Waals surface area contributed by atoms with Gasteiger partial charge in [0.25, 0.3) is 5.91 Å². The van der Waals surface area contributed by atoms with Crippen LogP contribution in [0.15, 0.2) is 139 Å². The first kappa shape index (κ1) is 28.7. The Labute approximate surface area is 266 Å². The second-order valence-electron chi connectivity index (χ2n) is 11.0. The zero-order chi connectivity index (χ0) is 31.3. The van der Waals surface area contributed by atoms with E-state index in [-0.39, 0.29) is 18.2 Å². The zero-order valence-corrected chi connectivity index (χ0v) is 25.0. The van der Waals surface area contributed by atoms with Crippen molar-refractivity contribution in [2.45, 2.75) is 31.5 Å². The topological polar surface area (TPSA) is 96.4 Å². The van der Waals surface area contributed by atoms with Crippen LogP contribution in [0.4, 0.5) is 5.82 Å². The number of carbonyl (C=O) groups is 1. The molecule has 46 heavy (non-hydrogen) atoms. The Balaban J connectivity index is 1.32. The maximum atomic E-state index is 14.3. The number of aryl methyl sites for hydroxylation is 1. The molecule has 0 atom stereocenters. The van der Waals surface area contributed by atoms with Gasteiger partial charge in [0, 0.05) is 35.9 Å². The first-order valence-electron chi connectivity index (χ1n) is 15.2. The molecule has 1 aliphatic rings. The second kappa shape index (κ2) is 12.5. The summed E-state index contributed by atoms with van der Waals surface area (Å²) in [5.74, 6) is 0.876. The number of hydrogen-bond donors (Lipinski definition) is 0. The molecular weight excluding hydrogens is 572 g/mol. The third kappa shape index (κ3) is 5.08. The maximum Gasteiger partial charge on any atom is 0.282 e. The third-order valence-electron chi connectivity index (χ3n) is 8.26. The van der Waals surface area contributed by atoms with Gasteiger partial charge in [0.15, 0.2) is 5.71 Å². The lowest BCUT2D eigenvalue weighted by molar-refractivity contribution is -0.112. The summed E-state index contributed by atoms with van der Waals surface area (Å²) in [5.41, 5.74) is 4.02. The molecule has 0 fully saturated rings. The lowest BCUT2D eigenvalue weighted by Crippen LogP contribution is -2.34. The number of para-hydroxylation sites is 2. The third-order valence-corrected chi connectivity index (χ3v) is 8.26. The fourth-order valence-corrected chi connectivity index (χ4v) is 6.12. The van der Waals surface area contributed by atoms with E-state index in [1.54, 1.807) is 17.2 Å². The van der Waals surface area contributed by atoms with Crippen LogP contribution in [-0.2, 0) is 28.3 Å². The Kier molecular flexibility index (Phi) is 7.80. The van der Waals surface area contributed by atoms with E-state index in [4.69, 9.17) is 15.1 Å². The number of carbonyl (C=O) groups excluding carboxylic acids is 1. The number of oxime groups is 1. The summed E-state index contributed by atoms with van der Waals surface area (Å²) >= 11 is 0. The van der Waals surface area contributed by atoms with Crippen LogP contribution in [0.3, 0.4) is 0 Å². The summed E-state index contributed by atoms with van der Waals surface area (Å²) in [6, 6.07) is 43.5. The van der Waals surface area contributed by atoms with Crippen LogP contribution in [0.25, 0.3) is 11.0 Å². The van der Waals surface area contributed by atoms with Crippen molar-refractivity contribution in [3.8, 4) is 6.07 Å². The van der Waals surface area contributed by atoms with Crippen molar-refractivity contribution in [2.75, 3.05) is 4.90 Å². The van der Waals surface area contributed by atoms with E-state index in [1.165, 1.54) is 0 Å². The first-order valence-corrected chi connectivity index (χ1v) is 15.2. The zero-order valence-electron chi connectivity index (χ0n) is 25.0. The fourth-order valence-electron chi connectivity index (χ4n) is 6.12. The summed E-state index contributed by atoms with van der Waals surface area (Å²) < 4.78 is 2.08. The van der Waals surface area contributed by atoms with Gasteiger partial charge in [0.05, 0.1) is 29.2 Å².